The predicted octanol–water partition coefficient (Wildman–Crippen LogP) is 2.01. The Hall–Kier alpha value is -1.12. The zero-order valence-corrected chi connectivity index (χ0v) is 8.76. The highest BCUT2D eigenvalue weighted by Gasteiger charge is 2.19. The van der Waals surface area contributed by atoms with Gasteiger partial charge in [-0.25, -0.2) is 4.79 Å². The first-order valence-corrected chi connectivity index (χ1v) is 5.02. The summed E-state index contributed by atoms with van der Waals surface area (Å²) in [5, 5.41) is 0. The molecule has 0 fully saturated rings. The van der Waals surface area contributed by atoms with Crippen LogP contribution in [0.3, 0.4) is 0 Å². The minimum absolute atomic E-state index is 0.224. The largest absolute Gasteiger partial charge is 0.463 e. The lowest BCUT2D eigenvalue weighted by molar-refractivity contribution is -0.138. The maximum Gasteiger partial charge on any atom is 0.333 e. The topological polar surface area (TPSA) is 43.4 Å². The van der Waals surface area contributed by atoms with Crippen LogP contribution in [0.1, 0.15) is 39.5 Å². The summed E-state index contributed by atoms with van der Waals surface area (Å²) >= 11 is 0. The van der Waals surface area contributed by atoms with Gasteiger partial charge in [-0.1, -0.05) is 5.57 Å². The maximum absolute atomic E-state index is 11.5. The number of hydrogen-bond acceptors (Lipinski definition) is 3. The second-order valence-electron chi connectivity index (χ2n) is 3.55. The van der Waals surface area contributed by atoms with E-state index < -0.39 is 0 Å². The summed E-state index contributed by atoms with van der Waals surface area (Å²) in [4.78, 5) is 22.7. The fourth-order valence-electron chi connectivity index (χ4n) is 1.66. The fraction of sp³-hybridized carbons (Fsp3) is 0.636. The highest BCUT2D eigenvalue weighted by molar-refractivity contribution is 5.92. The number of hydrogen-bond donors (Lipinski definition) is 0. The summed E-state index contributed by atoms with van der Waals surface area (Å²) in [5.74, 6) is -0.0264. The van der Waals surface area contributed by atoms with Gasteiger partial charge < -0.3 is 4.74 Å². The van der Waals surface area contributed by atoms with E-state index in [2.05, 4.69) is 0 Å². The number of allylic oxidation sites excluding steroid dienone is 1. The molecule has 0 aromatic rings. The van der Waals surface area contributed by atoms with Gasteiger partial charge in [0.15, 0.2) is 0 Å². The molecule has 3 nitrogen and oxygen atoms in total. The van der Waals surface area contributed by atoms with E-state index in [1.807, 2.05) is 6.92 Å². The Bertz CT molecular complexity index is 276. The first-order chi connectivity index (χ1) is 6.65. The molecule has 78 valence electrons. The molecule has 0 heterocycles. The van der Waals surface area contributed by atoms with Crippen LogP contribution in [-0.2, 0) is 14.3 Å². The summed E-state index contributed by atoms with van der Waals surface area (Å²) in [6.45, 7) is 4.02. The van der Waals surface area contributed by atoms with Crippen molar-refractivity contribution in [2.24, 2.45) is 0 Å². The Kier molecular flexibility index (Phi) is 3.86. The van der Waals surface area contributed by atoms with Gasteiger partial charge in [0, 0.05) is 18.4 Å². The van der Waals surface area contributed by atoms with E-state index in [0.29, 0.717) is 31.4 Å². The van der Waals surface area contributed by atoms with Gasteiger partial charge in [0.05, 0.1) is 6.61 Å². The normalized spacial score (nSPS) is 18.0. The second kappa shape index (κ2) is 4.94. The molecule has 0 atom stereocenters. The molecule has 0 N–H and O–H groups in total. The van der Waals surface area contributed by atoms with Crippen LogP contribution in [0.4, 0.5) is 0 Å². The molecule has 0 saturated carbocycles. The highest BCUT2D eigenvalue weighted by Crippen LogP contribution is 2.22. The second-order valence-corrected chi connectivity index (χ2v) is 3.55. The number of Topliss-reactive ketones (excluding diaryl/α,β-unsaturated/α-hetero) is 1. The number of carbonyl (C=O) groups excluding carboxylic acids is 2. The molecule has 3 heteroatoms. The van der Waals surface area contributed by atoms with Crippen LogP contribution < -0.4 is 0 Å². The average Bonchev–Trinajstić information content (AvgIpc) is 2.27. The Morgan fingerprint density at radius 3 is 2.79 bits per heavy atom. The van der Waals surface area contributed by atoms with Crippen molar-refractivity contribution in [2.45, 2.75) is 39.5 Å². The van der Waals surface area contributed by atoms with Gasteiger partial charge in [-0.2, -0.15) is 0 Å². The van der Waals surface area contributed by atoms with Crippen LogP contribution in [0, 0.1) is 0 Å². The molecule has 0 bridgehead atoms. The third-order valence-corrected chi connectivity index (χ3v) is 2.38. The summed E-state index contributed by atoms with van der Waals surface area (Å²) in [6, 6.07) is 0. The van der Waals surface area contributed by atoms with Gasteiger partial charge >= 0.3 is 5.97 Å². The first-order valence-electron chi connectivity index (χ1n) is 5.02. The van der Waals surface area contributed by atoms with Crippen LogP contribution in [0.15, 0.2) is 11.1 Å². The monoisotopic (exact) mass is 196 g/mol. The molecule has 0 aliphatic heterocycles. The minimum Gasteiger partial charge on any atom is -0.463 e. The van der Waals surface area contributed by atoms with Crippen molar-refractivity contribution in [2.75, 3.05) is 6.61 Å². The first kappa shape index (κ1) is 11.0. The Balaban J connectivity index is 2.77. The molecule has 0 spiro atoms. The molecule has 0 saturated heterocycles. The van der Waals surface area contributed by atoms with Crippen LogP contribution in [0.5, 0.6) is 0 Å². The van der Waals surface area contributed by atoms with E-state index in [-0.39, 0.29) is 11.8 Å². The molecular formula is C11H16O3. The minimum atomic E-state index is -0.250. The molecule has 1 rings (SSSR count). The van der Waals surface area contributed by atoms with Crippen molar-refractivity contribution in [1.29, 1.82) is 0 Å². The quantitative estimate of drug-likeness (QED) is 0.634. The van der Waals surface area contributed by atoms with Gasteiger partial charge in [-0.3, -0.25) is 4.79 Å². The van der Waals surface area contributed by atoms with E-state index in [1.165, 1.54) is 0 Å². The van der Waals surface area contributed by atoms with Crippen molar-refractivity contribution in [1.82, 2.24) is 0 Å². The predicted molar refractivity (Wildman–Crippen MR) is 52.8 cm³/mol. The number of ether oxygens (including phenoxy) is 1. The molecule has 1 aliphatic rings. The van der Waals surface area contributed by atoms with Crippen molar-refractivity contribution in [3.63, 3.8) is 0 Å². The fourth-order valence-corrected chi connectivity index (χ4v) is 1.66. The van der Waals surface area contributed by atoms with Gasteiger partial charge in [-0.15, -0.1) is 0 Å². The van der Waals surface area contributed by atoms with Gasteiger partial charge in [-0.05, 0) is 26.7 Å². The van der Waals surface area contributed by atoms with E-state index in [0.717, 1.165) is 12.0 Å². The smallest absolute Gasteiger partial charge is 0.333 e. The van der Waals surface area contributed by atoms with Crippen molar-refractivity contribution < 1.29 is 14.3 Å². The van der Waals surface area contributed by atoms with Crippen molar-refractivity contribution in [3.05, 3.63) is 11.1 Å². The average molecular weight is 196 g/mol. The Morgan fingerprint density at radius 2 is 2.14 bits per heavy atom. The van der Waals surface area contributed by atoms with E-state index in [9.17, 15) is 9.59 Å². The highest BCUT2D eigenvalue weighted by atomic mass is 16.5. The van der Waals surface area contributed by atoms with Crippen LogP contribution in [0.2, 0.25) is 0 Å². The standard InChI is InChI=1S/C11H16O3/c1-3-14-11(13)10-6-4-5-9(12)7-8(10)2/h3-7H2,1-2H3. The van der Waals surface area contributed by atoms with Gasteiger partial charge in [0.1, 0.15) is 5.78 Å². The summed E-state index contributed by atoms with van der Waals surface area (Å²) < 4.78 is 4.93. The molecule has 14 heavy (non-hydrogen) atoms. The number of carbonyl (C=O) groups is 2. The molecule has 0 aromatic carbocycles. The van der Waals surface area contributed by atoms with Crippen LogP contribution >= 0.6 is 0 Å². The Labute approximate surface area is 84.1 Å². The summed E-state index contributed by atoms with van der Waals surface area (Å²) in [5.41, 5.74) is 1.59. The maximum atomic E-state index is 11.5. The molecule has 0 aromatic heterocycles. The molecule has 0 radical (unpaired) electrons. The summed E-state index contributed by atoms with van der Waals surface area (Å²) in [7, 11) is 0. The number of rotatable bonds is 2. The zero-order chi connectivity index (χ0) is 10.6. The number of esters is 1. The molecule has 0 amide bonds. The van der Waals surface area contributed by atoms with Gasteiger partial charge in [0.2, 0.25) is 0 Å². The van der Waals surface area contributed by atoms with Crippen LogP contribution in [0.25, 0.3) is 0 Å². The lowest BCUT2D eigenvalue weighted by Gasteiger charge is -2.07. The molecule has 1 aliphatic carbocycles. The summed E-state index contributed by atoms with van der Waals surface area (Å²) in [6.07, 6.45) is 2.44. The van der Waals surface area contributed by atoms with E-state index >= 15 is 0 Å². The van der Waals surface area contributed by atoms with Crippen molar-refractivity contribution >= 4 is 11.8 Å². The van der Waals surface area contributed by atoms with E-state index in [4.69, 9.17) is 4.74 Å². The lowest BCUT2D eigenvalue weighted by atomic mass is 10.1. The van der Waals surface area contributed by atoms with Crippen LogP contribution in [-0.4, -0.2) is 18.4 Å². The number of ketones is 1. The third kappa shape index (κ3) is 2.69. The molecule has 0 unspecified atom stereocenters. The van der Waals surface area contributed by atoms with Gasteiger partial charge in [0.25, 0.3) is 0 Å². The zero-order valence-electron chi connectivity index (χ0n) is 8.76. The lowest BCUT2D eigenvalue weighted by Crippen LogP contribution is -2.09. The Morgan fingerprint density at radius 1 is 1.43 bits per heavy atom. The van der Waals surface area contributed by atoms with E-state index in [1.54, 1.807) is 6.92 Å². The SMILES string of the molecule is CCOC(=O)C1=C(C)CC(=O)CCC1. The third-order valence-electron chi connectivity index (χ3n) is 2.38. The van der Waals surface area contributed by atoms with Crippen molar-refractivity contribution in [3.8, 4) is 0 Å². The molecular weight excluding hydrogens is 180 g/mol.